The van der Waals surface area contributed by atoms with E-state index in [4.69, 9.17) is 17.3 Å². The first-order valence-corrected chi connectivity index (χ1v) is 6.43. The number of hydrogen-bond acceptors (Lipinski definition) is 5. The predicted molar refractivity (Wildman–Crippen MR) is 81.2 cm³/mol. The van der Waals surface area contributed by atoms with Crippen LogP contribution in [0.5, 0.6) is 0 Å². The summed E-state index contributed by atoms with van der Waals surface area (Å²) in [5, 5.41) is 4.60. The summed E-state index contributed by atoms with van der Waals surface area (Å²) < 4.78 is 0. The number of hydrogen-bond donors (Lipinski definition) is 2. The molecule has 1 aromatic carbocycles. The van der Waals surface area contributed by atoms with Crippen molar-refractivity contribution in [3.05, 3.63) is 47.2 Å². The first kappa shape index (κ1) is 12.6. The summed E-state index contributed by atoms with van der Waals surface area (Å²) in [6.07, 6.45) is 1.47. The van der Waals surface area contributed by atoms with E-state index in [-0.39, 0.29) is 5.95 Å². The van der Waals surface area contributed by atoms with Crippen molar-refractivity contribution < 1.29 is 0 Å². The molecule has 0 bridgehead atoms. The Bertz CT molecular complexity index is 788. The summed E-state index contributed by atoms with van der Waals surface area (Å²) in [5.74, 6) is 0.635. The Labute approximate surface area is 120 Å². The first-order valence-electron chi connectivity index (χ1n) is 6.05. The first-order chi connectivity index (χ1) is 9.63. The van der Waals surface area contributed by atoms with Crippen molar-refractivity contribution in [2.75, 3.05) is 11.1 Å². The number of nitrogens with two attached hydrogens (primary N) is 1. The Morgan fingerprint density at radius 1 is 1.15 bits per heavy atom. The number of nitrogens with one attached hydrogen (secondary N) is 1. The third kappa shape index (κ3) is 2.35. The lowest BCUT2D eigenvalue weighted by atomic mass is 10.1. The van der Waals surface area contributed by atoms with Crippen LogP contribution in [0.2, 0.25) is 5.02 Å². The minimum Gasteiger partial charge on any atom is -0.368 e. The van der Waals surface area contributed by atoms with E-state index in [1.54, 1.807) is 0 Å². The number of rotatable bonds is 2. The SMILES string of the molecule is Cc1ccc2cccc(Nc3nc(N)ncc3Cl)c2n1. The van der Waals surface area contributed by atoms with Crippen LogP contribution < -0.4 is 11.1 Å². The predicted octanol–water partition coefficient (Wildman–Crippen LogP) is 3.31. The molecule has 0 amide bonds. The van der Waals surface area contributed by atoms with Crippen molar-refractivity contribution in [2.45, 2.75) is 6.92 Å². The normalized spacial score (nSPS) is 10.7. The number of fused-ring (bicyclic) bond motifs is 1. The molecule has 2 aromatic heterocycles. The Kier molecular flexibility index (Phi) is 3.12. The van der Waals surface area contributed by atoms with Crippen LogP contribution in [0.3, 0.4) is 0 Å². The molecule has 0 saturated carbocycles. The van der Waals surface area contributed by atoms with Gasteiger partial charge in [0.2, 0.25) is 5.95 Å². The highest BCUT2D eigenvalue weighted by Crippen LogP contribution is 2.27. The molecular weight excluding hydrogens is 274 g/mol. The zero-order valence-electron chi connectivity index (χ0n) is 10.8. The van der Waals surface area contributed by atoms with Gasteiger partial charge in [-0.1, -0.05) is 29.8 Å². The summed E-state index contributed by atoms with van der Waals surface area (Å²) in [5.41, 5.74) is 8.21. The molecule has 5 nitrogen and oxygen atoms in total. The Morgan fingerprint density at radius 3 is 2.85 bits per heavy atom. The van der Waals surface area contributed by atoms with Gasteiger partial charge >= 0.3 is 0 Å². The lowest BCUT2D eigenvalue weighted by molar-refractivity contribution is 1.18. The van der Waals surface area contributed by atoms with E-state index in [0.29, 0.717) is 10.8 Å². The summed E-state index contributed by atoms with van der Waals surface area (Å²) in [4.78, 5) is 12.5. The van der Waals surface area contributed by atoms with Gasteiger partial charge in [-0.2, -0.15) is 4.98 Å². The molecule has 0 aliphatic carbocycles. The van der Waals surface area contributed by atoms with Crippen LogP contribution in [-0.2, 0) is 0 Å². The van der Waals surface area contributed by atoms with E-state index < -0.39 is 0 Å². The minimum absolute atomic E-state index is 0.168. The molecule has 0 atom stereocenters. The number of pyridine rings is 1. The molecule has 0 spiro atoms. The number of halogens is 1. The van der Waals surface area contributed by atoms with Crippen molar-refractivity contribution in [1.29, 1.82) is 0 Å². The van der Waals surface area contributed by atoms with E-state index in [9.17, 15) is 0 Å². The van der Waals surface area contributed by atoms with E-state index >= 15 is 0 Å². The van der Waals surface area contributed by atoms with Gasteiger partial charge in [0, 0.05) is 11.1 Å². The van der Waals surface area contributed by atoms with Crippen LogP contribution >= 0.6 is 11.6 Å². The highest BCUT2D eigenvalue weighted by Gasteiger charge is 2.07. The van der Waals surface area contributed by atoms with Gasteiger partial charge in [-0.3, -0.25) is 4.98 Å². The van der Waals surface area contributed by atoms with Gasteiger partial charge in [0.1, 0.15) is 5.02 Å². The number of anilines is 3. The minimum atomic E-state index is 0.168. The molecule has 0 aliphatic rings. The van der Waals surface area contributed by atoms with Gasteiger partial charge in [-0.15, -0.1) is 0 Å². The smallest absolute Gasteiger partial charge is 0.222 e. The number of nitrogen functional groups attached to an aromatic ring is 1. The van der Waals surface area contributed by atoms with Crippen molar-refractivity contribution in [3.8, 4) is 0 Å². The second-order valence-corrected chi connectivity index (χ2v) is 4.79. The van der Waals surface area contributed by atoms with Crippen molar-refractivity contribution in [3.63, 3.8) is 0 Å². The van der Waals surface area contributed by atoms with E-state index in [1.165, 1.54) is 6.20 Å². The largest absolute Gasteiger partial charge is 0.368 e. The summed E-state index contributed by atoms with van der Waals surface area (Å²) in [6, 6.07) is 9.87. The van der Waals surface area contributed by atoms with Gasteiger partial charge in [0.05, 0.1) is 17.4 Å². The van der Waals surface area contributed by atoms with Crippen LogP contribution in [-0.4, -0.2) is 15.0 Å². The quantitative estimate of drug-likeness (QED) is 0.755. The highest BCUT2D eigenvalue weighted by atomic mass is 35.5. The molecule has 0 aliphatic heterocycles. The maximum Gasteiger partial charge on any atom is 0.222 e. The van der Waals surface area contributed by atoms with Crippen LogP contribution in [0, 0.1) is 6.92 Å². The van der Waals surface area contributed by atoms with Gasteiger partial charge < -0.3 is 11.1 Å². The second-order valence-electron chi connectivity index (χ2n) is 4.38. The number of nitrogens with zero attached hydrogens (tertiary/aromatic N) is 3. The van der Waals surface area contributed by atoms with Crippen molar-refractivity contribution in [1.82, 2.24) is 15.0 Å². The van der Waals surface area contributed by atoms with Crippen LogP contribution in [0.25, 0.3) is 10.9 Å². The Hall–Kier alpha value is -2.40. The molecule has 0 saturated heterocycles. The average molecular weight is 286 g/mol. The zero-order valence-corrected chi connectivity index (χ0v) is 11.5. The fraction of sp³-hybridized carbons (Fsp3) is 0.0714. The molecule has 3 rings (SSSR count). The van der Waals surface area contributed by atoms with Crippen molar-refractivity contribution in [2.24, 2.45) is 0 Å². The Morgan fingerprint density at radius 2 is 2.00 bits per heavy atom. The molecule has 2 heterocycles. The zero-order chi connectivity index (χ0) is 14.1. The standard InChI is InChI=1S/C14H12ClN5/c1-8-5-6-9-3-2-4-11(12(9)18-8)19-13-10(15)7-17-14(16)20-13/h2-7H,1H3,(H3,16,17,19,20). The van der Waals surface area contributed by atoms with E-state index in [2.05, 4.69) is 20.3 Å². The summed E-state index contributed by atoms with van der Waals surface area (Å²) in [7, 11) is 0. The van der Waals surface area contributed by atoms with Gasteiger partial charge in [0.25, 0.3) is 0 Å². The van der Waals surface area contributed by atoms with Gasteiger partial charge in [-0.05, 0) is 19.1 Å². The molecule has 6 heteroatoms. The molecule has 3 aromatic rings. The second kappa shape index (κ2) is 4.94. The lowest BCUT2D eigenvalue weighted by Crippen LogP contribution is -2.01. The molecule has 20 heavy (non-hydrogen) atoms. The maximum atomic E-state index is 6.07. The number of aryl methyl sites for hydroxylation is 1. The molecule has 0 unspecified atom stereocenters. The topological polar surface area (TPSA) is 76.7 Å². The molecular formula is C14H12ClN5. The van der Waals surface area contributed by atoms with E-state index in [1.807, 2.05) is 37.3 Å². The van der Waals surface area contributed by atoms with E-state index in [0.717, 1.165) is 22.3 Å². The average Bonchev–Trinajstić information content (AvgIpc) is 2.43. The third-order valence-corrected chi connectivity index (χ3v) is 3.15. The van der Waals surface area contributed by atoms with Gasteiger partial charge in [-0.25, -0.2) is 4.98 Å². The van der Waals surface area contributed by atoms with Crippen LogP contribution in [0.1, 0.15) is 5.69 Å². The summed E-state index contributed by atoms with van der Waals surface area (Å²) in [6.45, 7) is 1.95. The molecule has 0 fully saturated rings. The summed E-state index contributed by atoms with van der Waals surface area (Å²) >= 11 is 6.07. The molecule has 3 N–H and O–H groups in total. The third-order valence-electron chi connectivity index (χ3n) is 2.88. The fourth-order valence-electron chi connectivity index (χ4n) is 1.94. The maximum absolute atomic E-state index is 6.07. The molecule has 100 valence electrons. The Balaban J connectivity index is 2.10. The van der Waals surface area contributed by atoms with Crippen LogP contribution in [0.15, 0.2) is 36.5 Å². The van der Waals surface area contributed by atoms with Crippen LogP contribution in [0.4, 0.5) is 17.5 Å². The number of benzene rings is 1. The highest BCUT2D eigenvalue weighted by molar-refractivity contribution is 6.33. The van der Waals surface area contributed by atoms with Gasteiger partial charge in [0.15, 0.2) is 5.82 Å². The van der Waals surface area contributed by atoms with Crippen molar-refractivity contribution >= 4 is 40.0 Å². The molecule has 0 radical (unpaired) electrons. The monoisotopic (exact) mass is 285 g/mol. The fourth-order valence-corrected chi connectivity index (χ4v) is 2.08. The number of para-hydroxylation sites is 1. The lowest BCUT2D eigenvalue weighted by Gasteiger charge is -2.10. The number of aromatic nitrogens is 3.